The summed E-state index contributed by atoms with van der Waals surface area (Å²) < 4.78 is 21.0. The summed E-state index contributed by atoms with van der Waals surface area (Å²) in [4.78, 5) is 4.65. The Hall–Kier alpha value is -10.2. The van der Waals surface area contributed by atoms with Crippen LogP contribution in [0.4, 0.5) is 5.69 Å². The van der Waals surface area contributed by atoms with Gasteiger partial charge in [-0.3, -0.25) is 0 Å². The third-order valence-electron chi connectivity index (χ3n) is 15.4. The summed E-state index contributed by atoms with van der Waals surface area (Å²) in [6.07, 6.45) is 0. The van der Waals surface area contributed by atoms with E-state index in [4.69, 9.17) is 8.83 Å². The van der Waals surface area contributed by atoms with Gasteiger partial charge in [-0.2, -0.15) is 5.26 Å². The lowest BCUT2D eigenvalue weighted by molar-refractivity contribution is 0.671. The molecule has 0 saturated carbocycles. The van der Waals surface area contributed by atoms with Crippen LogP contribution < -0.4 is 0 Å². The first-order valence-corrected chi connectivity index (χ1v) is 25.7. The first-order chi connectivity index (χ1) is 37.2. The van der Waals surface area contributed by atoms with Crippen molar-refractivity contribution >= 4 is 125 Å². The Labute approximate surface area is 431 Å². The number of para-hydroxylation sites is 2. The Balaban J connectivity index is 1.20. The number of aromatic nitrogens is 2. The number of nitriles is 1. The first-order valence-electron chi connectivity index (χ1n) is 24.9. The van der Waals surface area contributed by atoms with Gasteiger partial charge in [0.25, 0.3) is 0 Å². The predicted molar refractivity (Wildman–Crippen MR) is 310 cm³/mol. The molecule has 0 radical (unpaired) electrons. The van der Waals surface area contributed by atoms with Gasteiger partial charge < -0.3 is 18.0 Å². The molecule has 11 aromatic carbocycles. The second kappa shape index (κ2) is 15.7. The molecule has 5 heterocycles. The van der Waals surface area contributed by atoms with Crippen molar-refractivity contribution in [3.05, 3.63) is 235 Å². The van der Waals surface area contributed by atoms with Crippen LogP contribution in [0.1, 0.15) is 5.56 Å². The minimum atomic E-state index is 0.353. The summed E-state index contributed by atoms with van der Waals surface area (Å²) in [5, 5.41) is 22.5. The average molecular weight is 973 g/mol. The van der Waals surface area contributed by atoms with E-state index in [-0.39, 0.29) is 0 Å². The van der Waals surface area contributed by atoms with E-state index in [9.17, 15) is 11.8 Å². The summed E-state index contributed by atoms with van der Waals surface area (Å²) in [6, 6.07) is 78.4. The van der Waals surface area contributed by atoms with Gasteiger partial charge in [-0.15, -0.1) is 11.3 Å². The van der Waals surface area contributed by atoms with E-state index < -0.39 is 0 Å². The van der Waals surface area contributed by atoms with Crippen LogP contribution in [0.15, 0.2) is 227 Å². The monoisotopic (exact) mass is 972 g/mol. The number of rotatable bonds is 5. The summed E-state index contributed by atoms with van der Waals surface area (Å²) in [7, 11) is 0. The number of hydrogen-bond acceptors (Lipinski definition) is 4. The molecule has 5 aromatic heterocycles. The number of hydrogen-bond donors (Lipinski definition) is 0. The van der Waals surface area contributed by atoms with Crippen molar-refractivity contribution in [3.8, 4) is 50.8 Å². The highest BCUT2D eigenvalue weighted by atomic mass is 32.1. The first kappa shape index (κ1) is 41.4. The standard InChI is InChI=1S/C68H36N4O2S/c1-70-60-58(40-19-7-3-8-20-40)53(38-69)61(71-54-36-29-42(39-17-5-2-6-18-39)37-52(54)48-31-34-49-43-23-11-14-26-55(43)73-66(49)62(48)71)59(41-21-9-4-10-22-41)65(60)72-63-46(30-33-50-44-24-12-15-27-56(44)74-67(50)63)47-32-35-51-45-25-13-16-28-57(45)75-68(51)64(47)72/h2-37H. The van der Waals surface area contributed by atoms with Crippen molar-refractivity contribution in [1.82, 2.24) is 9.13 Å². The van der Waals surface area contributed by atoms with Crippen LogP contribution in [0.5, 0.6) is 0 Å². The molecule has 75 heavy (non-hydrogen) atoms. The largest absolute Gasteiger partial charge is 0.454 e. The van der Waals surface area contributed by atoms with Gasteiger partial charge in [-0.1, -0.05) is 176 Å². The van der Waals surface area contributed by atoms with Crippen molar-refractivity contribution in [3.63, 3.8) is 0 Å². The molecule has 0 fully saturated rings. The Morgan fingerprint density at radius 1 is 0.413 bits per heavy atom. The smallest absolute Gasteiger partial charge is 0.220 e. The number of thiophene rings is 1. The zero-order chi connectivity index (χ0) is 49.5. The third-order valence-corrected chi connectivity index (χ3v) is 16.6. The second-order valence-electron chi connectivity index (χ2n) is 19.2. The van der Waals surface area contributed by atoms with Crippen molar-refractivity contribution in [1.29, 1.82) is 5.26 Å². The maximum Gasteiger partial charge on any atom is 0.220 e. The highest BCUT2D eigenvalue weighted by Crippen LogP contribution is 2.55. The normalized spacial score (nSPS) is 12.0. The number of nitrogens with zero attached hydrogens (tertiary/aromatic N) is 4. The Kier molecular flexibility index (Phi) is 8.65. The van der Waals surface area contributed by atoms with Gasteiger partial charge >= 0.3 is 0 Å². The fraction of sp³-hybridized carbons (Fsp3) is 0. The van der Waals surface area contributed by atoms with Crippen molar-refractivity contribution in [2.75, 3.05) is 0 Å². The molecule has 16 rings (SSSR count). The molecule has 346 valence electrons. The van der Waals surface area contributed by atoms with Gasteiger partial charge in [0.2, 0.25) is 5.69 Å². The number of fused-ring (bicyclic) bond motifs is 18. The average Bonchev–Trinajstić information content (AvgIpc) is 4.31. The summed E-state index contributed by atoms with van der Waals surface area (Å²) >= 11 is 1.76. The molecule has 0 atom stereocenters. The zero-order valence-electron chi connectivity index (χ0n) is 39.8. The van der Waals surface area contributed by atoms with E-state index in [0.29, 0.717) is 33.8 Å². The summed E-state index contributed by atoms with van der Waals surface area (Å²) in [5.74, 6) is 0. The Morgan fingerprint density at radius 3 is 1.55 bits per heavy atom. The molecule has 0 aliphatic rings. The molecule has 0 spiro atoms. The molecular formula is C68H36N4O2S. The van der Waals surface area contributed by atoms with Gasteiger partial charge in [0, 0.05) is 69.7 Å². The molecule has 0 unspecified atom stereocenters. The van der Waals surface area contributed by atoms with Crippen molar-refractivity contribution in [2.24, 2.45) is 0 Å². The number of furan rings is 2. The fourth-order valence-corrected chi connectivity index (χ4v) is 13.5. The lowest BCUT2D eigenvalue weighted by Crippen LogP contribution is -2.09. The van der Waals surface area contributed by atoms with Crippen LogP contribution in [0.2, 0.25) is 0 Å². The van der Waals surface area contributed by atoms with E-state index >= 15 is 0 Å². The van der Waals surface area contributed by atoms with Crippen LogP contribution in [0.3, 0.4) is 0 Å². The van der Waals surface area contributed by atoms with Gasteiger partial charge in [0.05, 0.1) is 50.3 Å². The third kappa shape index (κ3) is 5.70. The molecule has 0 saturated heterocycles. The van der Waals surface area contributed by atoms with E-state index in [2.05, 4.69) is 154 Å². The molecule has 16 aromatic rings. The van der Waals surface area contributed by atoms with E-state index in [0.717, 1.165) is 120 Å². The highest BCUT2D eigenvalue weighted by Gasteiger charge is 2.34. The van der Waals surface area contributed by atoms with Crippen LogP contribution >= 0.6 is 11.3 Å². The SMILES string of the molecule is [C-]#[N+]c1c(-c2ccccc2)c(C#N)c(-n2c3ccc(-c4ccccc4)cc3c3ccc4c5ccccc5oc4c32)c(-c2ccccc2)c1-n1c2c(ccc3c4ccccc4oc32)c2ccc3c4ccccc4sc3c21. The maximum absolute atomic E-state index is 12.2. The van der Waals surface area contributed by atoms with Gasteiger partial charge in [0.1, 0.15) is 17.2 Å². The van der Waals surface area contributed by atoms with E-state index in [1.165, 1.54) is 10.1 Å². The molecule has 0 aliphatic carbocycles. The predicted octanol–water partition coefficient (Wildman–Crippen LogP) is 19.5. The Bertz CT molecular complexity index is 5070. The Morgan fingerprint density at radius 2 is 0.920 bits per heavy atom. The quantitative estimate of drug-likeness (QED) is 0.161. The topological polar surface area (TPSA) is 64.3 Å². The molecule has 6 nitrogen and oxygen atoms in total. The van der Waals surface area contributed by atoms with E-state index in [1.54, 1.807) is 11.3 Å². The minimum Gasteiger partial charge on any atom is -0.454 e. The lowest BCUT2D eigenvalue weighted by atomic mass is 9.88. The van der Waals surface area contributed by atoms with Crippen LogP contribution in [0, 0.1) is 17.9 Å². The minimum absolute atomic E-state index is 0.353. The van der Waals surface area contributed by atoms with Crippen molar-refractivity contribution in [2.45, 2.75) is 0 Å². The molecule has 0 amide bonds. The van der Waals surface area contributed by atoms with Crippen molar-refractivity contribution < 1.29 is 8.83 Å². The fourth-order valence-electron chi connectivity index (χ4n) is 12.2. The van der Waals surface area contributed by atoms with Gasteiger partial charge in [0.15, 0.2) is 11.2 Å². The molecule has 7 heteroatoms. The van der Waals surface area contributed by atoms with Crippen LogP contribution in [-0.4, -0.2) is 9.13 Å². The molecule has 0 bridgehead atoms. The molecule has 0 N–H and O–H groups in total. The highest BCUT2D eigenvalue weighted by molar-refractivity contribution is 7.26. The van der Waals surface area contributed by atoms with Crippen LogP contribution in [0.25, 0.3) is 157 Å². The summed E-state index contributed by atoms with van der Waals surface area (Å²) in [6.45, 7) is 9.57. The second-order valence-corrected chi connectivity index (χ2v) is 20.3. The van der Waals surface area contributed by atoms with Gasteiger partial charge in [-0.25, -0.2) is 4.85 Å². The van der Waals surface area contributed by atoms with Gasteiger partial charge in [-0.05, 0) is 64.7 Å². The summed E-state index contributed by atoms with van der Waals surface area (Å²) in [5.41, 5.74) is 13.5. The van der Waals surface area contributed by atoms with E-state index in [1.807, 2.05) is 84.9 Å². The molecular weight excluding hydrogens is 937 g/mol. The maximum atomic E-state index is 12.2. The lowest BCUT2D eigenvalue weighted by Gasteiger charge is -2.26. The van der Waals surface area contributed by atoms with Crippen LogP contribution in [-0.2, 0) is 0 Å². The number of benzene rings is 11. The zero-order valence-corrected chi connectivity index (χ0v) is 40.6. The molecule has 0 aliphatic heterocycles.